The van der Waals surface area contributed by atoms with Crippen LogP contribution in [0, 0.1) is 41.2 Å². The number of hydrogen-bond acceptors (Lipinski definition) is 5. The summed E-state index contributed by atoms with van der Waals surface area (Å²) < 4.78 is 30.4. The van der Waals surface area contributed by atoms with Gasteiger partial charge >= 0.3 is 5.97 Å². The van der Waals surface area contributed by atoms with Crippen LogP contribution in [0.25, 0.3) is 16.9 Å². The molecular weight excluding hydrogens is 540 g/mol. The Balaban J connectivity index is 1.56. The molecule has 2 aliphatic rings. The Bertz CT molecular complexity index is 1440. The lowest BCUT2D eigenvalue weighted by Gasteiger charge is -2.35. The molecular formula is C29H34ClF2N5O3. The molecule has 1 amide bonds. The van der Waals surface area contributed by atoms with Gasteiger partial charge in [0.15, 0.2) is 11.3 Å². The van der Waals surface area contributed by atoms with Crippen LogP contribution in [0.15, 0.2) is 24.3 Å². The summed E-state index contributed by atoms with van der Waals surface area (Å²) >= 11 is 5.73. The van der Waals surface area contributed by atoms with E-state index in [1.165, 1.54) is 0 Å². The van der Waals surface area contributed by atoms with Crippen molar-refractivity contribution in [2.24, 2.45) is 29.6 Å². The van der Waals surface area contributed by atoms with Gasteiger partial charge in [0.1, 0.15) is 22.5 Å². The number of piperidine rings is 1. The van der Waals surface area contributed by atoms with Gasteiger partial charge in [-0.05, 0) is 48.6 Å². The van der Waals surface area contributed by atoms with Gasteiger partial charge in [-0.15, -0.1) is 0 Å². The van der Waals surface area contributed by atoms with Crippen molar-refractivity contribution in [3.05, 3.63) is 46.6 Å². The standard InChI is InChI=1S/C29H34ClF2N5O3/c1-14(2)11-36(16(5)15(3)4)26-10-23(17-6-21(31)28(30)22(32)7-17)33-25-9-24(34-37(25)26)29(40)35-12-19-18(8-27(38)39)20(19)13-35/h6-7,9-10,14-16,18-20H,8,11-13H2,1-5H3,(H,38,39)/t16-,18-,19-,20+/m1/s1. The van der Waals surface area contributed by atoms with Crippen molar-refractivity contribution < 1.29 is 23.5 Å². The molecule has 2 fully saturated rings. The number of aromatic nitrogens is 3. The number of carbonyl (C=O) groups is 2. The molecule has 0 unspecified atom stereocenters. The van der Waals surface area contributed by atoms with Crippen LogP contribution in [0.1, 0.15) is 51.5 Å². The smallest absolute Gasteiger partial charge is 0.303 e. The lowest BCUT2D eigenvalue weighted by Crippen LogP contribution is -2.40. The molecule has 3 heterocycles. The monoisotopic (exact) mass is 573 g/mol. The molecule has 0 radical (unpaired) electrons. The lowest BCUT2D eigenvalue weighted by molar-refractivity contribution is -0.137. The number of likely N-dealkylation sites (tertiary alicyclic amines) is 1. The molecule has 8 nitrogen and oxygen atoms in total. The summed E-state index contributed by atoms with van der Waals surface area (Å²) in [5, 5.41) is 13.2. The highest BCUT2D eigenvalue weighted by Gasteiger charge is 2.57. The Morgan fingerprint density at radius 2 is 1.70 bits per heavy atom. The van der Waals surface area contributed by atoms with Gasteiger partial charge in [-0.1, -0.05) is 39.3 Å². The molecule has 5 rings (SSSR count). The SMILES string of the molecule is CC(C)CN(c1cc(-c2cc(F)c(Cl)c(F)c2)nc2cc(C(=O)N3C[C@@H]4[C@@H](CC(=O)O)[C@@H]4C3)nn12)[C@H](C)C(C)C. The van der Waals surface area contributed by atoms with E-state index in [4.69, 9.17) is 16.7 Å². The number of rotatable bonds is 9. The van der Waals surface area contributed by atoms with Crippen LogP contribution in [0.3, 0.4) is 0 Å². The lowest BCUT2D eigenvalue weighted by atomic mass is 10.0. The third kappa shape index (κ3) is 5.25. The third-order valence-electron chi connectivity index (χ3n) is 8.29. The average Bonchev–Trinajstić information content (AvgIpc) is 3.24. The van der Waals surface area contributed by atoms with E-state index in [1.807, 2.05) is 0 Å². The molecule has 2 aromatic heterocycles. The average molecular weight is 574 g/mol. The number of halogens is 3. The minimum atomic E-state index is -0.882. The normalized spacial score (nSPS) is 20.9. The van der Waals surface area contributed by atoms with Crippen LogP contribution < -0.4 is 4.90 Å². The van der Waals surface area contributed by atoms with Gasteiger partial charge < -0.3 is 14.9 Å². The molecule has 11 heteroatoms. The quantitative estimate of drug-likeness (QED) is 0.334. The van der Waals surface area contributed by atoms with Gasteiger partial charge in [-0.2, -0.15) is 9.61 Å². The van der Waals surface area contributed by atoms with E-state index in [9.17, 15) is 18.4 Å². The number of carboxylic acid groups (broad SMARTS) is 1. The molecule has 1 saturated heterocycles. The first kappa shape index (κ1) is 28.3. The Morgan fingerprint density at radius 1 is 1.07 bits per heavy atom. The summed E-state index contributed by atoms with van der Waals surface area (Å²) in [5.74, 6) is -1.03. The van der Waals surface area contributed by atoms with Crippen LogP contribution in [0.4, 0.5) is 14.6 Å². The summed E-state index contributed by atoms with van der Waals surface area (Å²) in [6, 6.07) is 5.74. The maximum absolute atomic E-state index is 14.4. The molecule has 40 heavy (non-hydrogen) atoms. The largest absolute Gasteiger partial charge is 0.481 e. The number of fused-ring (bicyclic) bond motifs is 2. The van der Waals surface area contributed by atoms with E-state index in [0.29, 0.717) is 42.7 Å². The van der Waals surface area contributed by atoms with E-state index in [-0.39, 0.29) is 53.3 Å². The predicted molar refractivity (Wildman–Crippen MR) is 148 cm³/mol. The van der Waals surface area contributed by atoms with E-state index in [0.717, 1.165) is 12.1 Å². The number of aliphatic carboxylic acids is 1. The first-order valence-corrected chi connectivity index (χ1v) is 14.1. The van der Waals surface area contributed by atoms with Crippen molar-refractivity contribution in [1.29, 1.82) is 0 Å². The van der Waals surface area contributed by atoms with Crippen molar-refractivity contribution in [3.63, 3.8) is 0 Å². The van der Waals surface area contributed by atoms with E-state index >= 15 is 0 Å². The van der Waals surface area contributed by atoms with Gasteiger partial charge in [-0.3, -0.25) is 9.59 Å². The Labute approximate surface area is 236 Å². The maximum atomic E-state index is 14.4. The van der Waals surface area contributed by atoms with Crippen LogP contribution in [0.5, 0.6) is 0 Å². The topological polar surface area (TPSA) is 91.0 Å². The van der Waals surface area contributed by atoms with Gasteiger partial charge in [-0.25, -0.2) is 13.8 Å². The van der Waals surface area contributed by atoms with Gasteiger partial charge in [0.05, 0.1) is 5.69 Å². The summed E-state index contributed by atoms with van der Waals surface area (Å²) in [5.41, 5.74) is 1.16. The van der Waals surface area contributed by atoms with E-state index < -0.39 is 22.6 Å². The summed E-state index contributed by atoms with van der Waals surface area (Å²) in [6.45, 7) is 12.3. The molecule has 4 atom stereocenters. The number of hydrogen-bond donors (Lipinski definition) is 1. The maximum Gasteiger partial charge on any atom is 0.303 e. The van der Waals surface area contributed by atoms with Crippen LogP contribution >= 0.6 is 11.6 Å². The van der Waals surface area contributed by atoms with Crippen LogP contribution in [0.2, 0.25) is 5.02 Å². The van der Waals surface area contributed by atoms with E-state index in [2.05, 4.69) is 49.6 Å². The van der Waals surface area contributed by atoms with Crippen molar-refractivity contribution in [2.75, 3.05) is 24.5 Å². The number of carbonyl (C=O) groups excluding carboxylic acids is 1. The molecule has 0 bridgehead atoms. The fourth-order valence-electron chi connectivity index (χ4n) is 5.82. The van der Waals surface area contributed by atoms with Crippen molar-refractivity contribution >= 4 is 34.9 Å². The van der Waals surface area contributed by atoms with Crippen molar-refractivity contribution in [3.8, 4) is 11.3 Å². The molecule has 1 aliphatic heterocycles. The summed E-state index contributed by atoms with van der Waals surface area (Å²) in [4.78, 5) is 33.1. The number of anilines is 1. The number of amides is 1. The highest BCUT2D eigenvalue weighted by molar-refractivity contribution is 6.31. The zero-order valence-electron chi connectivity index (χ0n) is 23.2. The third-order valence-corrected chi connectivity index (χ3v) is 8.65. The molecule has 1 N–H and O–H groups in total. The second-order valence-corrected chi connectivity index (χ2v) is 12.3. The van der Waals surface area contributed by atoms with E-state index in [1.54, 1.807) is 21.5 Å². The summed E-state index contributed by atoms with van der Waals surface area (Å²) in [7, 11) is 0. The Morgan fingerprint density at radius 3 is 2.25 bits per heavy atom. The molecule has 1 aromatic carbocycles. The van der Waals surface area contributed by atoms with Crippen molar-refractivity contribution in [2.45, 2.75) is 47.1 Å². The highest BCUT2D eigenvalue weighted by atomic mass is 35.5. The van der Waals surface area contributed by atoms with Gasteiger partial charge in [0.2, 0.25) is 0 Å². The van der Waals surface area contributed by atoms with Crippen molar-refractivity contribution in [1.82, 2.24) is 19.5 Å². The number of nitrogens with zero attached hydrogens (tertiary/aromatic N) is 5. The molecule has 3 aromatic rings. The Kier molecular flexibility index (Phi) is 7.50. The Hall–Kier alpha value is -3.27. The summed E-state index contributed by atoms with van der Waals surface area (Å²) in [6.07, 6.45) is 0.132. The van der Waals surface area contributed by atoms with Crippen LogP contribution in [-0.2, 0) is 4.79 Å². The zero-order chi connectivity index (χ0) is 29.0. The highest BCUT2D eigenvalue weighted by Crippen LogP contribution is 2.53. The first-order valence-electron chi connectivity index (χ1n) is 13.7. The minimum Gasteiger partial charge on any atom is -0.481 e. The fraction of sp³-hybridized carbons (Fsp3) is 0.517. The molecule has 1 aliphatic carbocycles. The minimum absolute atomic E-state index is 0.0831. The predicted octanol–water partition coefficient (Wildman–Crippen LogP) is 5.63. The second-order valence-electron chi connectivity index (χ2n) is 11.9. The number of benzene rings is 1. The molecule has 1 saturated carbocycles. The zero-order valence-corrected chi connectivity index (χ0v) is 24.0. The fourth-order valence-corrected chi connectivity index (χ4v) is 5.93. The molecule has 0 spiro atoms. The van der Waals surface area contributed by atoms with Crippen LogP contribution in [-0.4, -0.2) is 62.2 Å². The second kappa shape index (κ2) is 10.6. The van der Waals surface area contributed by atoms with Gasteiger partial charge in [0, 0.05) is 49.8 Å². The molecule has 214 valence electrons. The van der Waals surface area contributed by atoms with Gasteiger partial charge in [0.25, 0.3) is 5.91 Å². The first-order chi connectivity index (χ1) is 18.8. The number of carboxylic acids is 1.